The number of aryl methyl sites for hydroxylation is 1. The van der Waals surface area contributed by atoms with E-state index < -0.39 is 21.0 Å². The molecular formula is C22H21N3O4S. The summed E-state index contributed by atoms with van der Waals surface area (Å²) in [6.45, 7) is 1.88. The number of hydrogen-bond acceptors (Lipinski definition) is 4. The van der Waals surface area contributed by atoms with Gasteiger partial charge in [0, 0.05) is 29.9 Å². The van der Waals surface area contributed by atoms with Crippen LogP contribution in [0.4, 0.5) is 5.69 Å². The van der Waals surface area contributed by atoms with Gasteiger partial charge in [0.05, 0.1) is 15.9 Å². The van der Waals surface area contributed by atoms with Gasteiger partial charge in [-0.3, -0.25) is 10.1 Å². The van der Waals surface area contributed by atoms with Crippen LogP contribution < -0.4 is 4.72 Å². The molecule has 3 aromatic rings. The highest BCUT2D eigenvalue weighted by atomic mass is 32.2. The summed E-state index contributed by atoms with van der Waals surface area (Å²) >= 11 is 0. The van der Waals surface area contributed by atoms with Gasteiger partial charge in [-0.05, 0) is 42.7 Å². The van der Waals surface area contributed by atoms with Gasteiger partial charge >= 0.3 is 0 Å². The van der Waals surface area contributed by atoms with Gasteiger partial charge in [0.25, 0.3) is 5.69 Å². The van der Waals surface area contributed by atoms with Gasteiger partial charge in [0.15, 0.2) is 0 Å². The Bertz CT molecular complexity index is 1200. The lowest BCUT2D eigenvalue weighted by Crippen LogP contribution is -2.29. The summed E-state index contributed by atoms with van der Waals surface area (Å²) in [5.74, 6) is 0. The fourth-order valence-electron chi connectivity index (χ4n) is 3.57. The van der Waals surface area contributed by atoms with Crippen LogP contribution in [0.5, 0.6) is 0 Å². The topological polar surface area (TPSA) is 105 Å². The molecular weight excluding hydrogens is 402 g/mol. The minimum Gasteiger partial charge on any atom is -0.360 e. The summed E-state index contributed by atoms with van der Waals surface area (Å²) in [6.07, 6.45) is 5.63. The van der Waals surface area contributed by atoms with Crippen LogP contribution in [0.15, 0.2) is 71.6 Å². The molecule has 1 atom stereocenters. The molecule has 0 amide bonds. The molecule has 0 radical (unpaired) electrons. The lowest BCUT2D eigenvalue weighted by Gasteiger charge is -2.18. The molecule has 1 aliphatic carbocycles. The number of sulfonamides is 1. The number of fused-ring (bicyclic) bond motifs is 1. The lowest BCUT2D eigenvalue weighted by molar-refractivity contribution is -0.384. The van der Waals surface area contributed by atoms with Crippen molar-refractivity contribution in [1.82, 2.24) is 9.71 Å². The van der Waals surface area contributed by atoms with E-state index in [1.807, 2.05) is 13.0 Å². The van der Waals surface area contributed by atoms with Crippen molar-refractivity contribution in [1.29, 1.82) is 0 Å². The number of non-ortho nitro benzene ring substituents is 1. The summed E-state index contributed by atoms with van der Waals surface area (Å²) in [4.78, 5) is 14.2. The van der Waals surface area contributed by atoms with Crippen molar-refractivity contribution in [3.05, 3.63) is 105 Å². The minimum absolute atomic E-state index is 0.0926. The van der Waals surface area contributed by atoms with E-state index in [1.165, 1.54) is 12.1 Å². The van der Waals surface area contributed by atoms with E-state index >= 15 is 0 Å². The maximum Gasteiger partial charge on any atom is 0.269 e. The molecule has 0 saturated carbocycles. The molecule has 4 rings (SSSR count). The van der Waals surface area contributed by atoms with Gasteiger partial charge in [-0.2, -0.15) is 4.72 Å². The van der Waals surface area contributed by atoms with E-state index in [1.54, 1.807) is 36.4 Å². The Morgan fingerprint density at radius 1 is 1.07 bits per heavy atom. The Balaban J connectivity index is 1.77. The van der Waals surface area contributed by atoms with Gasteiger partial charge in [0.2, 0.25) is 10.0 Å². The average molecular weight is 423 g/mol. The lowest BCUT2D eigenvalue weighted by atomic mass is 10.0. The number of hydrogen-bond donors (Lipinski definition) is 2. The van der Waals surface area contributed by atoms with Crippen LogP contribution in [-0.4, -0.2) is 18.3 Å². The van der Waals surface area contributed by atoms with Crippen molar-refractivity contribution in [2.45, 2.75) is 30.7 Å². The van der Waals surface area contributed by atoms with Crippen molar-refractivity contribution in [2.75, 3.05) is 0 Å². The normalized spacial score (nSPS) is 14.3. The van der Waals surface area contributed by atoms with Crippen LogP contribution in [-0.2, 0) is 22.9 Å². The molecule has 1 aromatic heterocycles. The van der Waals surface area contributed by atoms with Crippen molar-refractivity contribution in [3.63, 3.8) is 0 Å². The molecule has 0 saturated heterocycles. The largest absolute Gasteiger partial charge is 0.360 e. The first-order valence-corrected chi connectivity index (χ1v) is 11.0. The molecule has 30 heavy (non-hydrogen) atoms. The van der Waals surface area contributed by atoms with Crippen molar-refractivity contribution in [3.8, 4) is 0 Å². The number of nitrogens with one attached hydrogen (secondary N) is 2. The fraction of sp³-hybridized carbons (Fsp3) is 0.182. The van der Waals surface area contributed by atoms with Gasteiger partial charge < -0.3 is 4.98 Å². The number of rotatable bonds is 6. The second-order valence-electron chi connectivity index (χ2n) is 7.33. The second-order valence-corrected chi connectivity index (χ2v) is 9.04. The van der Waals surface area contributed by atoms with Gasteiger partial charge in [0.1, 0.15) is 0 Å². The quantitative estimate of drug-likeness (QED) is 0.356. The average Bonchev–Trinajstić information content (AvgIpc) is 3.16. The van der Waals surface area contributed by atoms with Crippen LogP contribution in [0.3, 0.4) is 0 Å². The molecule has 0 aliphatic heterocycles. The van der Waals surface area contributed by atoms with Crippen LogP contribution in [0.1, 0.15) is 34.1 Å². The molecule has 2 aromatic carbocycles. The molecule has 1 unspecified atom stereocenters. The molecule has 8 heteroatoms. The number of aromatic nitrogens is 1. The third-order valence-corrected chi connectivity index (χ3v) is 6.61. The summed E-state index contributed by atoms with van der Waals surface area (Å²) in [7, 11) is -3.86. The number of H-pyrrole nitrogens is 1. The third kappa shape index (κ3) is 4.05. The number of nitro groups is 1. The Labute approximate surface area is 174 Å². The summed E-state index contributed by atoms with van der Waals surface area (Å²) in [6, 6.07) is 13.7. The molecule has 0 spiro atoms. The molecule has 1 heterocycles. The Hall–Kier alpha value is -3.23. The third-order valence-electron chi connectivity index (χ3n) is 5.17. The highest BCUT2D eigenvalue weighted by molar-refractivity contribution is 7.89. The minimum atomic E-state index is -3.86. The molecule has 2 N–H and O–H groups in total. The fourth-order valence-corrected chi connectivity index (χ4v) is 4.77. The van der Waals surface area contributed by atoms with Gasteiger partial charge in [-0.25, -0.2) is 8.42 Å². The number of nitro benzene ring substituents is 1. The maximum absolute atomic E-state index is 13.1. The van der Waals surface area contributed by atoms with E-state index in [9.17, 15) is 18.5 Å². The second kappa shape index (κ2) is 7.89. The number of allylic oxidation sites excluding steroid dienone is 2. The highest BCUT2D eigenvalue weighted by Crippen LogP contribution is 2.29. The van der Waals surface area contributed by atoms with E-state index in [2.05, 4.69) is 21.9 Å². The first kappa shape index (κ1) is 20.1. The summed E-state index contributed by atoms with van der Waals surface area (Å²) in [5.41, 5.74) is 4.13. The van der Waals surface area contributed by atoms with Gasteiger partial charge in [-0.15, -0.1) is 0 Å². The van der Waals surface area contributed by atoms with E-state index in [4.69, 9.17) is 0 Å². The zero-order chi connectivity index (χ0) is 21.3. The Morgan fingerprint density at radius 2 is 1.80 bits per heavy atom. The first-order valence-electron chi connectivity index (χ1n) is 9.52. The van der Waals surface area contributed by atoms with Crippen LogP contribution in [0, 0.1) is 17.0 Å². The van der Waals surface area contributed by atoms with Crippen LogP contribution in [0.25, 0.3) is 0 Å². The molecule has 0 fully saturated rings. The van der Waals surface area contributed by atoms with E-state index in [0.717, 1.165) is 29.7 Å². The van der Waals surface area contributed by atoms with Crippen molar-refractivity contribution >= 4 is 15.7 Å². The molecule has 0 bridgehead atoms. The highest BCUT2D eigenvalue weighted by Gasteiger charge is 2.26. The molecule has 7 nitrogen and oxygen atoms in total. The summed E-state index contributed by atoms with van der Waals surface area (Å²) < 4.78 is 28.9. The summed E-state index contributed by atoms with van der Waals surface area (Å²) in [5, 5.41) is 11.3. The van der Waals surface area contributed by atoms with Gasteiger partial charge in [-0.1, -0.05) is 42.0 Å². The van der Waals surface area contributed by atoms with Crippen molar-refractivity contribution in [2.24, 2.45) is 0 Å². The van der Waals surface area contributed by atoms with Crippen LogP contribution in [0.2, 0.25) is 0 Å². The Morgan fingerprint density at radius 3 is 2.50 bits per heavy atom. The van der Waals surface area contributed by atoms with E-state index in [0.29, 0.717) is 11.3 Å². The number of nitrogens with zero attached hydrogens (tertiary/aromatic N) is 1. The molecule has 154 valence electrons. The zero-order valence-corrected chi connectivity index (χ0v) is 17.1. The first-order chi connectivity index (χ1) is 14.3. The zero-order valence-electron chi connectivity index (χ0n) is 16.3. The maximum atomic E-state index is 13.1. The smallest absolute Gasteiger partial charge is 0.269 e. The number of aromatic amines is 1. The van der Waals surface area contributed by atoms with Crippen molar-refractivity contribution < 1.29 is 13.3 Å². The monoisotopic (exact) mass is 423 g/mol. The van der Waals surface area contributed by atoms with E-state index in [-0.39, 0.29) is 10.6 Å². The predicted molar refractivity (Wildman–Crippen MR) is 114 cm³/mol. The molecule has 1 aliphatic rings. The Kier molecular flexibility index (Phi) is 5.27. The van der Waals surface area contributed by atoms with Crippen LogP contribution >= 0.6 is 0 Å². The SMILES string of the molecule is Cc1ccc(S(=O)(=O)NC(c2cccc([N+](=O)[O-])c2)c2cc3c([nH]2)CC=CC3)cc1. The number of benzene rings is 2. The standard InChI is InChI=1S/C22H21N3O4S/c1-15-9-11-19(12-10-15)30(28,29)24-22(17-6-4-7-18(13-17)25(26)27)21-14-16-5-2-3-8-20(16)23-21/h2-4,6-7,9-14,22-24H,5,8H2,1H3. The predicted octanol–water partition coefficient (Wildman–Crippen LogP) is 3.95.